The topological polar surface area (TPSA) is 43.4 Å². The van der Waals surface area contributed by atoms with Crippen molar-refractivity contribution in [1.82, 2.24) is 0 Å². The molecule has 0 aliphatic rings. The predicted octanol–water partition coefficient (Wildman–Crippen LogP) is 3.57. The highest BCUT2D eigenvalue weighted by Crippen LogP contribution is 2.40. The van der Waals surface area contributed by atoms with Crippen LogP contribution in [0.5, 0.6) is 0 Å². The summed E-state index contributed by atoms with van der Waals surface area (Å²) >= 11 is 0. The van der Waals surface area contributed by atoms with Crippen LogP contribution in [0, 0.1) is 11.5 Å². The Hall–Kier alpha value is -0.313. The highest BCUT2D eigenvalue weighted by molar-refractivity contribution is 7.85. The maximum Gasteiger partial charge on any atom is 0.264 e. The van der Waals surface area contributed by atoms with E-state index in [-0.39, 0.29) is 6.61 Å². The summed E-state index contributed by atoms with van der Waals surface area (Å²) < 4.78 is 26.4. The zero-order valence-corrected chi connectivity index (χ0v) is 15.1. The van der Waals surface area contributed by atoms with Crippen LogP contribution in [0.15, 0.2) is 0 Å². The maximum absolute atomic E-state index is 10.9. The van der Waals surface area contributed by atoms with Gasteiger partial charge in [-0.05, 0) is 16.6 Å². The number of hydrogen-bond donors (Lipinski definition) is 0. The Morgan fingerprint density at radius 2 is 1.42 bits per heavy atom. The second kappa shape index (κ2) is 7.46. The molecule has 0 aliphatic carbocycles. The van der Waals surface area contributed by atoms with Gasteiger partial charge in [-0.3, -0.25) is 4.18 Å². The van der Waals surface area contributed by atoms with Crippen molar-refractivity contribution >= 4 is 18.2 Å². The highest BCUT2D eigenvalue weighted by Gasteiger charge is 2.41. The summed E-state index contributed by atoms with van der Waals surface area (Å²) in [5, 5.41) is 0. The van der Waals surface area contributed by atoms with E-state index < -0.39 is 18.2 Å². The van der Waals surface area contributed by atoms with Crippen LogP contribution < -0.4 is 0 Å². The van der Waals surface area contributed by atoms with Gasteiger partial charge in [0.25, 0.3) is 10.1 Å². The van der Waals surface area contributed by atoms with Gasteiger partial charge in [-0.2, -0.15) is 8.42 Å². The van der Waals surface area contributed by atoms with Gasteiger partial charge in [0.15, 0.2) is 0 Å². The molecule has 0 atom stereocenters. The lowest BCUT2D eigenvalue weighted by Crippen LogP contribution is -2.43. The van der Waals surface area contributed by atoms with Crippen LogP contribution in [0.25, 0.3) is 0 Å². The Balaban J connectivity index is 4.86. The Labute approximate surface area is 120 Å². The summed E-state index contributed by atoms with van der Waals surface area (Å²) in [6.45, 7) is 13.7. The van der Waals surface area contributed by atoms with Gasteiger partial charge in [-0.25, -0.2) is 0 Å². The van der Waals surface area contributed by atoms with E-state index in [9.17, 15) is 8.42 Å². The predicted molar refractivity (Wildman–Crippen MR) is 84.2 cm³/mol. The van der Waals surface area contributed by atoms with E-state index in [1.807, 2.05) is 0 Å². The third-order valence-corrected chi connectivity index (χ3v) is 10.6. The Morgan fingerprint density at radius 1 is 1.00 bits per heavy atom. The van der Waals surface area contributed by atoms with Gasteiger partial charge in [0, 0.05) is 6.42 Å². The third-order valence-electron chi connectivity index (χ3n) is 3.70. The second-order valence-corrected chi connectivity index (χ2v) is 13.2. The molecule has 0 bridgehead atoms. The molecule has 112 valence electrons. The van der Waals surface area contributed by atoms with E-state index in [1.54, 1.807) is 0 Å². The minimum absolute atomic E-state index is 0.157. The fraction of sp³-hybridized carbons (Fsp3) is 0.857. The fourth-order valence-electron chi connectivity index (χ4n) is 2.89. The normalized spacial score (nSPS) is 12.9. The van der Waals surface area contributed by atoms with Crippen molar-refractivity contribution in [2.75, 3.05) is 12.9 Å². The van der Waals surface area contributed by atoms with Crippen molar-refractivity contribution < 1.29 is 12.6 Å². The monoisotopic (exact) mass is 304 g/mol. The molecule has 0 aliphatic heterocycles. The van der Waals surface area contributed by atoms with E-state index in [4.69, 9.17) is 4.18 Å². The van der Waals surface area contributed by atoms with Crippen molar-refractivity contribution in [1.29, 1.82) is 0 Å². The molecule has 0 aromatic rings. The minimum atomic E-state index is -3.35. The smallest absolute Gasteiger partial charge is 0.264 e. The van der Waals surface area contributed by atoms with E-state index in [0.29, 0.717) is 23.0 Å². The zero-order valence-electron chi connectivity index (χ0n) is 13.3. The van der Waals surface area contributed by atoms with Gasteiger partial charge in [-0.1, -0.05) is 41.5 Å². The average molecular weight is 305 g/mol. The second-order valence-electron chi connectivity index (χ2n) is 5.97. The van der Waals surface area contributed by atoms with Gasteiger partial charge >= 0.3 is 0 Å². The van der Waals surface area contributed by atoms with Gasteiger partial charge in [0.05, 0.1) is 12.9 Å². The Morgan fingerprint density at radius 3 is 1.74 bits per heavy atom. The Bertz CT molecular complexity index is 406. The van der Waals surface area contributed by atoms with E-state index in [2.05, 4.69) is 53.0 Å². The first-order chi connectivity index (χ1) is 8.54. The highest BCUT2D eigenvalue weighted by atomic mass is 32.2. The number of hydrogen-bond acceptors (Lipinski definition) is 3. The minimum Gasteiger partial charge on any atom is -0.269 e. The summed E-state index contributed by atoms with van der Waals surface area (Å²) in [5.41, 5.74) is 5.31. The molecule has 0 amide bonds. The molecule has 3 nitrogen and oxygen atoms in total. The lowest BCUT2D eigenvalue weighted by Gasteiger charge is -2.38. The zero-order chi connectivity index (χ0) is 15.3. The molecular formula is C14H28O3SSi. The standard InChI is InChI=1S/C14H28O3SSi/c1-12(2)19(13(3)4,14(5)6)11-9-8-10-17-18(7,15)16/h12-14H,8,10H2,1-7H3. The third kappa shape index (κ3) is 5.68. The number of rotatable bonds is 6. The van der Waals surface area contributed by atoms with E-state index in [1.165, 1.54) is 0 Å². The Kier molecular flexibility index (Phi) is 7.34. The van der Waals surface area contributed by atoms with Gasteiger partial charge < -0.3 is 0 Å². The van der Waals surface area contributed by atoms with Crippen LogP contribution in [-0.4, -0.2) is 29.4 Å². The van der Waals surface area contributed by atoms with Crippen LogP contribution in [0.2, 0.25) is 16.6 Å². The quantitative estimate of drug-likeness (QED) is 0.326. The molecule has 0 N–H and O–H groups in total. The van der Waals surface area contributed by atoms with Crippen molar-refractivity contribution in [3.8, 4) is 11.5 Å². The molecule has 5 heteroatoms. The van der Waals surface area contributed by atoms with Gasteiger partial charge in [0.2, 0.25) is 0 Å². The summed E-state index contributed by atoms with van der Waals surface area (Å²) in [6.07, 6.45) is 1.55. The van der Waals surface area contributed by atoms with E-state index in [0.717, 1.165) is 6.26 Å². The maximum atomic E-state index is 10.9. The summed E-state index contributed by atoms with van der Waals surface area (Å²) in [7, 11) is -5.04. The summed E-state index contributed by atoms with van der Waals surface area (Å²) in [5.74, 6) is 3.17. The van der Waals surface area contributed by atoms with Crippen LogP contribution in [-0.2, 0) is 14.3 Å². The first-order valence-electron chi connectivity index (χ1n) is 6.88. The fourth-order valence-corrected chi connectivity index (χ4v) is 8.58. The molecule has 0 aromatic carbocycles. The van der Waals surface area contributed by atoms with Gasteiger partial charge in [-0.15, -0.1) is 11.5 Å². The molecule has 0 fully saturated rings. The van der Waals surface area contributed by atoms with Crippen molar-refractivity contribution in [3.05, 3.63) is 0 Å². The molecule has 0 aromatic heterocycles. The molecule has 19 heavy (non-hydrogen) atoms. The van der Waals surface area contributed by atoms with Crippen LogP contribution >= 0.6 is 0 Å². The molecule has 0 saturated heterocycles. The lowest BCUT2D eigenvalue weighted by molar-refractivity contribution is 0.330. The largest absolute Gasteiger partial charge is 0.269 e. The molecule has 0 heterocycles. The van der Waals surface area contributed by atoms with Crippen LogP contribution in [0.4, 0.5) is 0 Å². The molecule has 0 saturated carbocycles. The summed E-state index contributed by atoms with van der Waals surface area (Å²) in [4.78, 5) is 0. The van der Waals surface area contributed by atoms with Crippen molar-refractivity contribution in [3.63, 3.8) is 0 Å². The van der Waals surface area contributed by atoms with Crippen LogP contribution in [0.3, 0.4) is 0 Å². The molecule has 0 spiro atoms. The molecule has 0 rings (SSSR count). The SMILES string of the molecule is CC(C)[Si](C#CCCOS(C)(=O)=O)(C(C)C)C(C)C. The first-order valence-corrected chi connectivity index (χ1v) is 10.9. The lowest BCUT2D eigenvalue weighted by atomic mass is 10.5. The van der Waals surface area contributed by atoms with Crippen molar-refractivity contribution in [2.24, 2.45) is 0 Å². The molecule has 0 radical (unpaired) electrons. The van der Waals surface area contributed by atoms with E-state index >= 15 is 0 Å². The van der Waals surface area contributed by atoms with Crippen molar-refractivity contribution in [2.45, 2.75) is 64.6 Å². The molecular weight excluding hydrogens is 276 g/mol. The molecule has 0 unspecified atom stereocenters. The average Bonchev–Trinajstić information content (AvgIpc) is 2.19. The first kappa shape index (κ1) is 18.7. The van der Waals surface area contributed by atoms with Crippen LogP contribution in [0.1, 0.15) is 48.0 Å². The summed E-state index contributed by atoms with van der Waals surface area (Å²) in [6, 6.07) is 0. The van der Waals surface area contributed by atoms with Gasteiger partial charge in [0.1, 0.15) is 8.07 Å².